The maximum absolute atomic E-state index is 5.24. The Labute approximate surface area is 288 Å². The van der Waals surface area contributed by atoms with Crippen molar-refractivity contribution in [3.63, 3.8) is 0 Å². The molecule has 6 aromatic carbocycles. The summed E-state index contributed by atoms with van der Waals surface area (Å²) < 4.78 is 0. The molecule has 4 aromatic heterocycles. The molecule has 4 heteroatoms. The predicted octanol–water partition coefficient (Wildman–Crippen LogP) is 11.7. The van der Waals surface area contributed by atoms with Crippen LogP contribution in [0.2, 0.25) is 0 Å². The van der Waals surface area contributed by atoms with E-state index in [2.05, 4.69) is 145 Å². The van der Waals surface area contributed by atoms with Crippen molar-refractivity contribution in [2.75, 3.05) is 0 Å². The summed E-state index contributed by atoms with van der Waals surface area (Å²) in [5.74, 6) is 0. The molecule has 0 N–H and O–H groups in total. The molecule has 0 atom stereocenters. The molecule has 0 aliphatic carbocycles. The average molecular weight is 637 g/mol. The van der Waals surface area contributed by atoms with E-state index in [-0.39, 0.29) is 0 Å². The van der Waals surface area contributed by atoms with Crippen molar-refractivity contribution in [1.82, 2.24) is 19.9 Å². The van der Waals surface area contributed by atoms with E-state index >= 15 is 0 Å². The zero-order valence-corrected chi connectivity index (χ0v) is 27.0. The van der Waals surface area contributed by atoms with Crippen LogP contribution in [0.3, 0.4) is 0 Å². The van der Waals surface area contributed by atoms with Gasteiger partial charge in [0.25, 0.3) is 0 Å². The first kappa shape index (κ1) is 28.3. The minimum Gasteiger partial charge on any atom is -0.254 e. The summed E-state index contributed by atoms with van der Waals surface area (Å²) in [7, 11) is 0. The molecular formula is C46H28N4. The summed E-state index contributed by atoms with van der Waals surface area (Å²) in [6.07, 6.45) is 1.83. The molecule has 0 saturated carbocycles. The Kier molecular flexibility index (Phi) is 6.46. The van der Waals surface area contributed by atoms with Gasteiger partial charge in [0.05, 0.1) is 39.1 Å². The highest BCUT2D eigenvalue weighted by molar-refractivity contribution is 6.07. The van der Waals surface area contributed by atoms with E-state index in [0.717, 1.165) is 99.3 Å². The van der Waals surface area contributed by atoms with E-state index in [1.165, 1.54) is 0 Å². The van der Waals surface area contributed by atoms with E-state index in [1.54, 1.807) is 0 Å². The van der Waals surface area contributed by atoms with Gasteiger partial charge in [-0.25, -0.2) is 15.0 Å². The minimum atomic E-state index is 0.916. The van der Waals surface area contributed by atoms with Crippen LogP contribution in [-0.4, -0.2) is 19.9 Å². The smallest absolute Gasteiger partial charge is 0.0972 e. The maximum atomic E-state index is 5.24. The van der Waals surface area contributed by atoms with Gasteiger partial charge in [0.15, 0.2) is 0 Å². The lowest BCUT2D eigenvalue weighted by Crippen LogP contribution is -1.92. The van der Waals surface area contributed by atoms with E-state index in [1.807, 2.05) is 30.5 Å². The molecule has 10 aromatic rings. The number of nitrogens with zero attached hydrogens (tertiary/aromatic N) is 4. The molecule has 0 amide bonds. The summed E-state index contributed by atoms with van der Waals surface area (Å²) in [4.78, 5) is 20.1. The third-order valence-corrected chi connectivity index (χ3v) is 9.70. The van der Waals surface area contributed by atoms with Crippen molar-refractivity contribution in [1.29, 1.82) is 0 Å². The van der Waals surface area contributed by atoms with E-state index in [9.17, 15) is 0 Å². The van der Waals surface area contributed by atoms with Crippen LogP contribution in [0.25, 0.3) is 99.3 Å². The highest BCUT2D eigenvalue weighted by Gasteiger charge is 2.14. The van der Waals surface area contributed by atoms with Crippen LogP contribution in [0, 0.1) is 0 Å². The summed E-state index contributed by atoms with van der Waals surface area (Å²) >= 11 is 0. The molecule has 4 nitrogen and oxygen atoms in total. The molecule has 0 radical (unpaired) electrons. The molecule has 0 unspecified atom stereocenters. The van der Waals surface area contributed by atoms with Crippen molar-refractivity contribution in [2.24, 2.45) is 0 Å². The van der Waals surface area contributed by atoms with Gasteiger partial charge in [-0.05, 0) is 58.3 Å². The Morgan fingerprint density at radius 2 is 0.840 bits per heavy atom. The topological polar surface area (TPSA) is 51.6 Å². The second-order valence-corrected chi connectivity index (χ2v) is 12.7. The van der Waals surface area contributed by atoms with Gasteiger partial charge in [0.1, 0.15) is 0 Å². The number of rotatable bonds is 4. The Morgan fingerprint density at radius 3 is 1.52 bits per heavy atom. The number of fused-ring (bicyclic) bond motifs is 6. The third-order valence-electron chi connectivity index (χ3n) is 9.70. The first-order chi connectivity index (χ1) is 24.7. The van der Waals surface area contributed by atoms with Crippen molar-refractivity contribution in [3.05, 3.63) is 170 Å². The standard InChI is InChI=1S/C46H28N4/c1-2-7-29(8-3-1)40-23-18-30-12-16-34(27-43(30)48-40)35-17-13-31-19-24-41(49-44(31)28-35)38-21-22-39(37-11-5-4-10-36(37)38)42-25-20-33-15-14-32-9-6-26-47-45(32)46(33)50-42/h1-28H. The Hall–Kier alpha value is -6.78. The van der Waals surface area contributed by atoms with Crippen LogP contribution in [0.4, 0.5) is 0 Å². The quantitative estimate of drug-likeness (QED) is 0.180. The lowest BCUT2D eigenvalue weighted by molar-refractivity contribution is 1.37. The van der Waals surface area contributed by atoms with Crippen LogP contribution >= 0.6 is 0 Å². The van der Waals surface area contributed by atoms with Gasteiger partial charge < -0.3 is 0 Å². The molecule has 50 heavy (non-hydrogen) atoms. The molecule has 0 bridgehead atoms. The molecule has 0 fully saturated rings. The van der Waals surface area contributed by atoms with Crippen molar-refractivity contribution in [3.8, 4) is 44.9 Å². The minimum absolute atomic E-state index is 0.916. The van der Waals surface area contributed by atoms with Crippen LogP contribution < -0.4 is 0 Å². The molecule has 10 rings (SSSR count). The fourth-order valence-electron chi connectivity index (χ4n) is 7.13. The highest BCUT2D eigenvalue weighted by atomic mass is 14.8. The summed E-state index contributed by atoms with van der Waals surface area (Å²) in [5, 5.41) is 6.67. The maximum Gasteiger partial charge on any atom is 0.0972 e. The van der Waals surface area contributed by atoms with Crippen LogP contribution in [0.5, 0.6) is 0 Å². The van der Waals surface area contributed by atoms with E-state index < -0.39 is 0 Å². The highest BCUT2D eigenvalue weighted by Crippen LogP contribution is 2.37. The SMILES string of the molecule is c1ccc(-c2ccc3ccc(-c4ccc5ccc(-c6ccc(-c7ccc8ccc9cccnc9c8n7)c7ccccc67)nc5c4)cc3n2)cc1. The number of hydrogen-bond donors (Lipinski definition) is 0. The largest absolute Gasteiger partial charge is 0.254 e. The molecule has 0 aliphatic heterocycles. The Balaban J connectivity index is 1.06. The van der Waals surface area contributed by atoms with Crippen LogP contribution in [0.15, 0.2) is 170 Å². The Bertz CT molecular complexity index is 2930. The number of hydrogen-bond acceptors (Lipinski definition) is 4. The fourth-order valence-corrected chi connectivity index (χ4v) is 7.13. The Morgan fingerprint density at radius 1 is 0.320 bits per heavy atom. The van der Waals surface area contributed by atoms with Gasteiger partial charge in [-0.1, -0.05) is 127 Å². The van der Waals surface area contributed by atoms with Crippen molar-refractivity contribution >= 4 is 54.4 Å². The lowest BCUT2D eigenvalue weighted by atomic mass is 9.95. The van der Waals surface area contributed by atoms with E-state index in [4.69, 9.17) is 15.0 Å². The molecule has 4 heterocycles. The fraction of sp³-hybridized carbons (Fsp3) is 0. The first-order valence-corrected chi connectivity index (χ1v) is 16.8. The lowest BCUT2D eigenvalue weighted by Gasteiger charge is -2.13. The molecule has 0 spiro atoms. The van der Waals surface area contributed by atoms with Crippen LogP contribution in [0.1, 0.15) is 0 Å². The molecular weight excluding hydrogens is 609 g/mol. The monoisotopic (exact) mass is 636 g/mol. The van der Waals surface area contributed by atoms with Gasteiger partial charge in [0.2, 0.25) is 0 Å². The van der Waals surface area contributed by atoms with Gasteiger partial charge in [-0.2, -0.15) is 0 Å². The summed E-state index contributed by atoms with van der Waals surface area (Å²) in [6.45, 7) is 0. The molecule has 232 valence electrons. The van der Waals surface area contributed by atoms with Gasteiger partial charge in [0, 0.05) is 44.4 Å². The van der Waals surface area contributed by atoms with Crippen molar-refractivity contribution < 1.29 is 0 Å². The van der Waals surface area contributed by atoms with Crippen molar-refractivity contribution in [2.45, 2.75) is 0 Å². The second-order valence-electron chi connectivity index (χ2n) is 12.7. The second kappa shape index (κ2) is 11.4. The van der Waals surface area contributed by atoms with Gasteiger partial charge >= 0.3 is 0 Å². The molecule has 0 aliphatic rings. The molecule has 0 saturated heterocycles. The average Bonchev–Trinajstić information content (AvgIpc) is 3.19. The van der Waals surface area contributed by atoms with Gasteiger partial charge in [-0.3, -0.25) is 4.98 Å². The first-order valence-electron chi connectivity index (χ1n) is 16.8. The normalized spacial score (nSPS) is 11.6. The van der Waals surface area contributed by atoms with Crippen LogP contribution in [-0.2, 0) is 0 Å². The number of benzene rings is 6. The summed E-state index contributed by atoms with van der Waals surface area (Å²) in [5.41, 5.74) is 12.1. The zero-order chi connectivity index (χ0) is 33.0. The third kappa shape index (κ3) is 4.77. The number of pyridine rings is 4. The summed E-state index contributed by atoms with van der Waals surface area (Å²) in [6, 6.07) is 57.3. The predicted molar refractivity (Wildman–Crippen MR) is 207 cm³/mol. The number of aromatic nitrogens is 4. The zero-order valence-electron chi connectivity index (χ0n) is 27.0. The van der Waals surface area contributed by atoms with E-state index in [0.29, 0.717) is 0 Å². The van der Waals surface area contributed by atoms with Gasteiger partial charge in [-0.15, -0.1) is 0 Å².